The zero-order valence-electron chi connectivity index (χ0n) is 14.1. The van der Waals surface area contributed by atoms with Crippen LogP contribution in [0, 0.1) is 5.92 Å². The molecule has 3 amide bonds. The van der Waals surface area contributed by atoms with Gasteiger partial charge in [0.25, 0.3) is 0 Å². The number of ether oxygens (including phenoxy) is 1. The number of nitrogens with one attached hydrogen (secondary N) is 2. The van der Waals surface area contributed by atoms with Crippen molar-refractivity contribution in [1.82, 2.24) is 10.6 Å². The van der Waals surface area contributed by atoms with E-state index in [1.807, 2.05) is 44.2 Å². The fraction of sp³-hybridized carbons (Fsp3) is 0.471. The standard InChI is InChI=1S/C17H25N3O4/c1-12(2)10-14(16(22)19-9-8-15(18)21)20-17(23)24-11-13-6-4-3-5-7-13/h3-7,12,14H,8-11H2,1-2H3,(H2,18,21)(H,19,22)(H,20,23)/t14-/m0/s1. The third kappa shape index (κ3) is 8.17. The van der Waals surface area contributed by atoms with Crippen LogP contribution in [0.3, 0.4) is 0 Å². The zero-order chi connectivity index (χ0) is 17.9. The molecule has 0 spiro atoms. The van der Waals surface area contributed by atoms with Crippen LogP contribution in [0.1, 0.15) is 32.3 Å². The summed E-state index contributed by atoms with van der Waals surface area (Å²) in [6.45, 7) is 4.16. The van der Waals surface area contributed by atoms with Gasteiger partial charge in [-0.25, -0.2) is 4.79 Å². The van der Waals surface area contributed by atoms with Crippen LogP contribution in [0.25, 0.3) is 0 Å². The SMILES string of the molecule is CC(C)C[C@H](NC(=O)OCc1ccccc1)C(=O)NCCC(N)=O. The van der Waals surface area contributed by atoms with Crippen LogP contribution in [0.2, 0.25) is 0 Å². The van der Waals surface area contributed by atoms with Gasteiger partial charge in [0, 0.05) is 13.0 Å². The Hall–Kier alpha value is -2.57. The highest BCUT2D eigenvalue weighted by Crippen LogP contribution is 2.06. The molecule has 0 bridgehead atoms. The maximum Gasteiger partial charge on any atom is 0.408 e. The maximum atomic E-state index is 12.1. The summed E-state index contributed by atoms with van der Waals surface area (Å²) in [7, 11) is 0. The first-order valence-electron chi connectivity index (χ1n) is 7.91. The van der Waals surface area contributed by atoms with Crippen LogP contribution in [0.4, 0.5) is 4.79 Å². The van der Waals surface area contributed by atoms with Crippen LogP contribution >= 0.6 is 0 Å². The van der Waals surface area contributed by atoms with E-state index in [2.05, 4.69) is 10.6 Å². The molecule has 7 nitrogen and oxygen atoms in total. The lowest BCUT2D eigenvalue weighted by Gasteiger charge is -2.19. The second-order valence-corrected chi connectivity index (χ2v) is 5.90. The topological polar surface area (TPSA) is 111 Å². The summed E-state index contributed by atoms with van der Waals surface area (Å²) in [6, 6.07) is 8.54. The van der Waals surface area contributed by atoms with Gasteiger partial charge in [0.15, 0.2) is 0 Å². The second-order valence-electron chi connectivity index (χ2n) is 5.90. The number of carbonyl (C=O) groups is 3. The molecule has 1 aromatic carbocycles. The van der Waals surface area contributed by atoms with Crippen LogP contribution in [0.15, 0.2) is 30.3 Å². The minimum absolute atomic E-state index is 0.0542. The average molecular weight is 335 g/mol. The Balaban J connectivity index is 2.49. The van der Waals surface area contributed by atoms with Gasteiger partial charge in [0.2, 0.25) is 11.8 Å². The lowest BCUT2D eigenvalue weighted by atomic mass is 10.0. The molecule has 0 aliphatic rings. The van der Waals surface area contributed by atoms with E-state index in [0.717, 1.165) is 5.56 Å². The van der Waals surface area contributed by atoms with Gasteiger partial charge >= 0.3 is 6.09 Å². The van der Waals surface area contributed by atoms with E-state index in [9.17, 15) is 14.4 Å². The molecule has 0 saturated heterocycles. The molecule has 1 atom stereocenters. The molecular weight excluding hydrogens is 310 g/mol. The highest BCUT2D eigenvalue weighted by Gasteiger charge is 2.22. The maximum absolute atomic E-state index is 12.1. The fourth-order valence-electron chi connectivity index (χ4n) is 2.04. The van der Waals surface area contributed by atoms with Crippen LogP contribution < -0.4 is 16.4 Å². The summed E-state index contributed by atoms with van der Waals surface area (Å²) >= 11 is 0. The summed E-state index contributed by atoms with van der Waals surface area (Å²) in [5.41, 5.74) is 5.89. The first kappa shape index (κ1) is 19.5. The highest BCUT2D eigenvalue weighted by molar-refractivity contribution is 5.86. The number of hydrogen-bond acceptors (Lipinski definition) is 4. The number of benzene rings is 1. The smallest absolute Gasteiger partial charge is 0.408 e. The second kappa shape index (κ2) is 10.3. The molecule has 0 aromatic heterocycles. The van der Waals surface area contributed by atoms with Crippen LogP contribution in [-0.4, -0.2) is 30.5 Å². The molecule has 0 fully saturated rings. The molecule has 4 N–H and O–H groups in total. The minimum Gasteiger partial charge on any atom is -0.445 e. The van der Waals surface area contributed by atoms with Gasteiger partial charge in [0.1, 0.15) is 12.6 Å². The van der Waals surface area contributed by atoms with E-state index in [0.29, 0.717) is 6.42 Å². The predicted octanol–water partition coefficient (Wildman–Crippen LogP) is 1.32. The molecule has 0 unspecified atom stereocenters. The Kier molecular flexibility index (Phi) is 8.32. The van der Waals surface area contributed by atoms with Crippen molar-refractivity contribution in [2.45, 2.75) is 39.3 Å². The van der Waals surface area contributed by atoms with Gasteiger partial charge in [-0.3, -0.25) is 9.59 Å². The van der Waals surface area contributed by atoms with Crippen molar-refractivity contribution in [2.24, 2.45) is 11.7 Å². The largest absolute Gasteiger partial charge is 0.445 e. The fourth-order valence-corrected chi connectivity index (χ4v) is 2.04. The molecule has 1 rings (SSSR count). The Bertz CT molecular complexity index is 546. The number of primary amides is 1. The predicted molar refractivity (Wildman–Crippen MR) is 89.8 cm³/mol. The van der Waals surface area contributed by atoms with Crippen molar-refractivity contribution in [1.29, 1.82) is 0 Å². The van der Waals surface area contributed by atoms with Gasteiger partial charge in [-0.15, -0.1) is 0 Å². The number of amides is 3. The van der Waals surface area contributed by atoms with Crippen molar-refractivity contribution < 1.29 is 19.1 Å². The molecule has 0 radical (unpaired) electrons. The Morgan fingerprint density at radius 2 is 1.83 bits per heavy atom. The third-order valence-electron chi connectivity index (χ3n) is 3.20. The normalized spacial score (nSPS) is 11.6. The summed E-state index contributed by atoms with van der Waals surface area (Å²) in [6.07, 6.45) is -0.143. The Morgan fingerprint density at radius 1 is 1.17 bits per heavy atom. The van der Waals surface area contributed by atoms with E-state index >= 15 is 0 Å². The molecule has 24 heavy (non-hydrogen) atoms. The summed E-state index contributed by atoms with van der Waals surface area (Å²) in [5, 5.41) is 5.16. The minimum atomic E-state index is -0.721. The molecule has 1 aromatic rings. The number of alkyl carbamates (subject to hydrolysis) is 1. The van der Waals surface area contributed by atoms with Crippen LogP contribution in [0.5, 0.6) is 0 Å². The lowest BCUT2D eigenvalue weighted by molar-refractivity contribution is -0.123. The highest BCUT2D eigenvalue weighted by atomic mass is 16.5. The summed E-state index contributed by atoms with van der Waals surface area (Å²) in [4.78, 5) is 34.8. The quantitative estimate of drug-likeness (QED) is 0.632. The van der Waals surface area contributed by atoms with E-state index in [1.165, 1.54) is 0 Å². The number of carbonyl (C=O) groups excluding carboxylic acids is 3. The number of rotatable bonds is 9. The van der Waals surface area contributed by atoms with Gasteiger partial charge in [-0.2, -0.15) is 0 Å². The molecule has 0 heterocycles. The first-order chi connectivity index (χ1) is 11.4. The van der Waals surface area contributed by atoms with Gasteiger partial charge in [0.05, 0.1) is 0 Å². The molecular formula is C17H25N3O4. The van der Waals surface area contributed by atoms with Gasteiger partial charge in [-0.1, -0.05) is 44.2 Å². The Morgan fingerprint density at radius 3 is 2.42 bits per heavy atom. The summed E-state index contributed by atoms with van der Waals surface area (Å²) < 4.78 is 5.13. The molecule has 132 valence electrons. The summed E-state index contributed by atoms with van der Waals surface area (Å²) in [5.74, 6) is -0.654. The van der Waals surface area contributed by atoms with Crippen LogP contribution in [-0.2, 0) is 20.9 Å². The van der Waals surface area contributed by atoms with Crippen molar-refractivity contribution in [2.75, 3.05) is 6.54 Å². The van der Waals surface area contributed by atoms with E-state index in [-0.39, 0.29) is 31.4 Å². The third-order valence-corrected chi connectivity index (χ3v) is 3.20. The molecule has 0 aliphatic carbocycles. The van der Waals surface area contributed by atoms with Crippen molar-refractivity contribution in [3.8, 4) is 0 Å². The van der Waals surface area contributed by atoms with E-state index in [1.54, 1.807) is 0 Å². The van der Waals surface area contributed by atoms with E-state index < -0.39 is 18.0 Å². The zero-order valence-corrected chi connectivity index (χ0v) is 14.1. The monoisotopic (exact) mass is 335 g/mol. The molecule has 0 saturated carbocycles. The number of nitrogens with two attached hydrogens (primary N) is 1. The molecule has 7 heteroatoms. The van der Waals surface area contributed by atoms with Gasteiger partial charge in [-0.05, 0) is 17.9 Å². The van der Waals surface area contributed by atoms with Gasteiger partial charge < -0.3 is 21.1 Å². The number of hydrogen-bond donors (Lipinski definition) is 3. The first-order valence-corrected chi connectivity index (χ1v) is 7.91. The lowest BCUT2D eigenvalue weighted by Crippen LogP contribution is -2.48. The van der Waals surface area contributed by atoms with Crippen molar-refractivity contribution >= 4 is 17.9 Å². The Labute approximate surface area is 141 Å². The van der Waals surface area contributed by atoms with Crippen molar-refractivity contribution in [3.63, 3.8) is 0 Å². The van der Waals surface area contributed by atoms with E-state index in [4.69, 9.17) is 10.5 Å². The average Bonchev–Trinajstić information content (AvgIpc) is 2.52. The van der Waals surface area contributed by atoms with Crippen molar-refractivity contribution in [3.05, 3.63) is 35.9 Å². The molecule has 0 aliphatic heterocycles.